The number of aromatic nitrogens is 4. The number of oxime groups is 1. The molecule has 0 saturated carbocycles. The van der Waals surface area contributed by atoms with Crippen molar-refractivity contribution < 1.29 is 10.4 Å². The number of imidazole rings is 1. The minimum absolute atomic E-state index is 0.384. The maximum absolute atomic E-state index is 10.9. The van der Waals surface area contributed by atoms with Gasteiger partial charge in [0.2, 0.25) is 5.95 Å². The van der Waals surface area contributed by atoms with E-state index in [0.717, 1.165) is 59.2 Å². The topological polar surface area (TPSA) is 115 Å². The fourth-order valence-corrected chi connectivity index (χ4v) is 5.36. The predicted molar refractivity (Wildman–Crippen MR) is 177 cm³/mol. The first-order valence-electron chi connectivity index (χ1n) is 14.6. The molecule has 2 aromatic heterocycles. The Labute approximate surface area is 264 Å². The highest BCUT2D eigenvalue weighted by Gasteiger charge is 2.21. The second-order valence-electron chi connectivity index (χ2n) is 9.69. The fraction of sp³-hybridized carbons (Fsp3) is 0.419. The Hall–Kier alpha value is -3.38. The number of halogens is 1. The van der Waals surface area contributed by atoms with Gasteiger partial charge in [-0.15, -0.1) is 11.6 Å². The van der Waals surface area contributed by atoms with Crippen LogP contribution in [0.5, 0.6) is 0 Å². The van der Waals surface area contributed by atoms with Crippen molar-refractivity contribution in [1.82, 2.24) is 29.7 Å². The number of benzene rings is 1. The highest BCUT2D eigenvalue weighted by Crippen LogP contribution is 2.35. The second kappa shape index (κ2) is 17.7. The number of thioether (sulfide) groups is 1. The molecule has 0 aliphatic heterocycles. The number of hydrogen-bond donors (Lipinski definition) is 3. The van der Waals surface area contributed by atoms with Gasteiger partial charge in [-0.25, -0.2) is 15.0 Å². The first-order valence-corrected chi connectivity index (χ1v) is 16.4. The highest BCUT2D eigenvalue weighted by atomic mass is 35.5. The van der Waals surface area contributed by atoms with Crippen LogP contribution < -0.4 is 5.32 Å². The van der Waals surface area contributed by atoms with Crippen molar-refractivity contribution in [1.29, 1.82) is 0 Å². The zero-order valence-electron chi connectivity index (χ0n) is 25.7. The van der Waals surface area contributed by atoms with Crippen LogP contribution in [0.1, 0.15) is 52.5 Å². The van der Waals surface area contributed by atoms with Gasteiger partial charge in [-0.1, -0.05) is 61.1 Å². The molecule has 0 radical (unpaired) electrons. The average Bonchev–Trinajstić information content (AvgIpc) is 3.43. The van der Waals surface area contributed by atoms with Gasteiger partial charge in [-0.3, -0.25) is 5.21 Å². The molecule has 0 saturated heterocycles. The smallest absolute Gasteiger partial charge is 0.223 e. The summed E-state index contributed by atoms with van der Waals surface area (Å²) >= 11 is 7.41. The number of rotatable bonds is 17. The molecule has 3 rings (SSSR count). The molecule has 232 valence electrons. The minimum atomic E-state index is 0.384. The Kier molecular flexibility index (Phi) is 14.0. The molecule has 3 aromatic rings. The quantitative estimate of drug-likeness (QED) is 0.0273. The lowest BCUT2D eigenvalue weighted by Gasteiger charge is -2.31. The Bertz CT molecular complexity index is 1410. The molecule has 0 fully saturated rings. The fourth-order valence-electron chi connectivity index (χ4n) is 4.64. The van der Waals surface area contributed by atoms with Gasteiger partial charge < -0.3 is 15.1 Å². The molecule has 0 aliphatic rings. The molecule has 0 amide bonds. The van der Waals surface area contributed by atoms with Crippen LogP contribution in [0.2, 0.25) is 0 Å². The van der Waals surface area contributed by atoms with Crippen molar-refractivity contribution in [2.24, 2.45) is 5.16 Å². The number of allylic oxidation sites excluding steroid dienone is 3. The second-order valence-corrected chi connectivity index (χ2v) is 10.8. The lowest BCUT2D eigenvalue weighted by atomic mass is 10.0. The first-order chi connectivity index (χ1) is 20.9. The normalized spacial score (nSPS) is 12.5. The number of hydroxylamine groups is 1. The van der Waals surface area contributed by atoms with Gasteiger partial charge in [0.25, 0.3) is 0 Å². The molecule has 12 heteroatoms. The first kappa shape index (κ1) is 34.1. The summed E-state index contributed by atoms with van der Waals surface area (Å²) in [5.74, 6) is 0.907. The van der Waals surface area contributed by atoms with E-state index in [-0.39, 0.29) is 0 Å². The molecule has 3 N–H and O–H groups in total. The third-order valence-corrected chi connectivity index (χ3v) is 7.54. The van der Waals surface area contributed by atoms with E-state index < -0.39 is 0 Å². The molecule has 0 bridgehead atoms. The van der Waals surface area contributed by atoms with Gasteiger partial charge in [0.1, 0.15) is 0 Å². The van der Waals surface area contributed by atoms with Crippen LogP contribution in [0.15, 0.2) is 70.8 Å². The van der Waals surface area contributed by atoms with Gasteiger partial charge in [0, 0.05) is 43.8 Å². The SMILES string of the molecule is CC/C=C(\C=C/CCl)N(O)N(CCC)CCCNc1nccc(-c2c(-c3cccc(/C(C)=N\O)c3)nc(SC)n2CC)n1. The number of anilines is 1. The van der Waals surface area contributed by atoms with Crippen molar-refractivity contribution in [3.63, 3.8) is 0 Å². The molecule has 1 aromatic carbocycles. The lowest BCUT2D eigenvalue weighted by Crippen LogP contribution is -2.41. The van der Waals surface area contributed by atoms with Crippen molar-refractivity contribution in [3.05, 3.63) is 66.0 Å². The summed E-state index contributed by atoms with van der Waals surface area (Å²) in [6, 6.07) is 9.72. The van der Waals surface area contributed by atoms with E-state index in [9.17, 15) is 10.4 Å². The highest BCUT2D eigenvalue weighted by molar-refractivity contribution is 7.98. The van der Waals surface area contributed by atoms with Crippen molar-refractivity contribution in [2.45, 2.75) is 58.7 Å². The molecule has 0 unspecified atom stereocenters. The van der Waals surface area contributed by atoms with Crippen LogP contribution >= 0.6 is 23.4 Å². The number of nitrogens with zero attached hydrogens (tertiary/aromatic N) is 7. The number of nitrogens with one attached hydrogen (secondary N) is 1. The minimum Gasteiger partial charge on any atom is -0.411 e. The maximum atomic E-state index is 10.9. The van der Waals surface area contributed by atoms with Crippen LogP contribution in [0.3, 0.4) is 0 Å². The van der Waals surface area contributed by atoms with E-state index in [4.69, 9.17) is 21.6 Å². The van der Waals surface area contributed by atoms with Crippen LogP contribution in [-0.4, -0.2) is 77.6 Å². The van der Waals surface area contributed by atoms with Gasteiger partial charge in [0.15, 0.2) is 5.16 Å². The Morgan fingerprint density at radius 3 is 2.67 bits per heavy atom. The van der Waals surface area contributed by atoms with Crippen LogP contribution in [0.4, 0.5) is 5.95 Å². The summed E-state index contributed by atoms with van der Waals surface area (Å²) in [6.45, 7) is 10.7. The van der Waals surface area contributed by atoms with E-state index >= 15 is 0 Å². The summed E-state index contributed by atoms with van der Waals surface area (Å²) in [5.41, 5.74) is 5.43. The van der Waals surface area contributed by atoms with Crippen LogP contribution in [-0.2, 0) is 6.54 Å². The zero-order chi connectivity index (χ0) is 31.2. The summed E-state index contributed by atoms with van der Waals surface area (Å²) in [5, 5.41) is 31.0. The predicted octanol–water partition coefficient (Wildman–Crippen LogP) is 7.16. The molecule has 43 heavy (non-hydrogen) atoms. The molecule has 10 nitrogen and oxygen atoms in total. The van der Waals surface area contributed by atoms with E-state index in [1.807, 2.05) is 66.7 Å². The largest absolute Gasteiger partial charge is 0.411 e. The molecular weight excluding hydrogens is 584 g/mol. The van der Waals surface area contributed by atoms with Gasteiger partial charge in [0.05, 0.1) is 28.5 Å². The van der Waals surface area contributed by atoms with Gasteiger partial charge in [-0.2, -0.15) is 10.2 Å². The molecule has 0 spiro atoms. The third kappa shape index (κ3) is 9.06. The van der Waals surface area contributed by atoms with Crippen molar-refractivity contribution >= 4 is 35.0 Å². The van der Waals surface area contributed by atoms with Crippen LogP contribution in [0, 0.1) is 0 Å². The summed E-state index contributed by atoms with van der Waals surface area (Å²) < 4.78 is 2.16. The number of hydrazine groups is 1. The maximum Gasteiger partial charge on any atom is 0.223 e. The molecule has 2 heterocycles. The van der Waals surface area contributed by atoms with E-state index in [0.29, 0.717) is 42.9 Å². The monoisotopic (exact) mass is 626 g/mol. The summed E-state index contributed by atoms with van der Waals surface area (Å²) in [4.78, 5) is 14.3. The van der Waals surface area contributed by atoms with Gasteiger partial charge >= 0.3 is 0 Å². The van der Waals surface area contributed by atoms with Crippen molar-refractivity contribution in [3.8, 4) is 22.6 Å². The van der Waals surface area contributed by atoms with Gasteiger partial charge in [-0.05, 0) is 63.1 Å². The number of alkyl halides is 1. The van der Waals surface area contributed by atoms with E-state index in [1.54, 1.807) is 24.9 Å². The van der Waals surface area contributed by atoms with E-state index in [2.05, 4.69) is 33.9 Å². The lowest BCUT2D eigenvalue weighted by molar-refractivity contribution is -0.214. The average molecular weight is 627 g/mol. The summed E-state index contributed by atoms with van der Waals surface area (Å²) in [7, 11) is 0. The third-order valence-electron chi connectivity index (χ3n) is 6.68. The zero-order valence-corrected chi connectivity index (χ0v) is 27.2. The molecule has 0 aliphatic carbocycles. The van der Waals surface area contributed by atoms with Crippen molar-refractivity contribution in [2.75, 3.05) is 37.1 Å². The Balaban J connectivity index is 1.82. The molecule has 0 atom stereocenters. The number of hydrogen-bond acceptors (Lipinski definition) is 10. The summed E-state index contributed by atoms with van der Waals surface area (Å²) in [6.07, 6.45) is 11.9. The van der Waals surface area contributed by atoms with Crippen LogP contribution in [0.25, 0.3) is 22.6 Å². The Morgan fingerprint density at radius 2 is 2.00 bits per heavy atom. The van der Waals surface area contributed by atoms with E-state index in [1.165, 1.54) is 5.17 Å². The Morgan fingerprint density at radius 1 is 1.19 bits per heavy atom. The molecular formula is C31H43ClN8O2S. The standard InChI is InChI=1S/C31H43ClN8O2S/c1-6-12-26(15-10-17-32)40(42)38(20-7-2)21-11-18-33-30-34-19-16-27(35-30)29-28(36-31(43-5)39(29)8-3)25-14-9-13-24(22-25)23(4)37-41/h9-10,12-16,19,22,41-42H,6-8,11,17-18,20-21H2,1-5H3,(H,33,34,35)/b15-10-,26-12+,37-23-.